The number of hydrazone groups is 1. The average molecular weight is 376 g/mol. The highest BCUT2D eigenvalue weighted by Gasteiger charge is 1.99. The summed E-state index contributed by atoms with van der Waals surface area (Å²) in [5.41, 5.74) is 6.49. The Morgan fingerprint density at radius 1 is 1.04 bits per heavy atom. The van der Waals surface area contributed by atoms with Gasteiger partial charge in [-0.15, -0.1) is 0 Å². The summed E-state index contributed by atoms with van der Waals surface area (Å²) in [6.07, 6.45) is 1.74. The summed E-state index contributed by atoms with van der Waals surface area (Å²) >= 11 is 6.12. The molecule has 0 saturated heterocycles. The standard InChI is InChI=1S/C22H18ClN3O/c23-22-10-2-1-8-20(22)15-26-25-14-18-6-4-9-21(12-18)27-16-19-7-3-5-17(11-19)13-24/h1-12,14,26H,15-16H2/b25-14-. The largest absolute Gasteiger partial charge is 0.489 e. The van der Waals surface area contributed by atoms with Crippen LogP contribution in [0.2, 0.25) is 5.02 Å². The van der Waals surface area contributed by atoms with Crippen LogP contribution in [0.15, 0.2) is 77.9 Å². The van der Waals surface area contributed by atoms with Gasteiger partial charge >= 0.3 is 0 Å². The topological polar surface area (TPSA) is 57.4 Å². The number of nitriles is 1. The number of benzene rings is 3. The van der Waals surface area contributed by atoms with Crippen LogP contribution in [-0.2, 0) is 13.2 Å². The van der Waals surface area contributed by atoms with Crippen LogP contribution in [0.3, 0.4) is 0 Å². The highest BCUT2D eigenvalue weighted by Crippen LogP contribution is 2.16. The molecule has 3 rings (SSSR count). The molecule has 3 aromatic rings. The number of ether oxygens (including phenoxy) is 1. The van der Waals surface area contributed by atoms with Crippen molar-refractivity contribution in [1.82, 2.24) is 5.43 Å². The summed E-state index contributed by atoms with van der Waals surface area (Å²) in [6, 6.07) is 24.8. The van der Waals surface area contributed by atoms with Crippen molar-refractivity contribution < 1.29 is 4.74 Å². The maximum absolute atomic E-state index is 8.96. The third-order valence-corrected chi connectivity index (χ3v) is 4.22. The van der Waals surface area contributed by atoms with Gasteiger partial charge in [0.1, 0.15) is 12.4 Å². The van der Waals surface area contributed by atoms with Crippen LogP contribution in [0, 0.1) is 11.3 Å². The van der Waals surface area contributed by atoms with E-state index in [2.05, 4.69) is 16.6 Å². The Kier molecular flexibility index (Phi) is 6.45. The molecule has 134 valence electrons. The number of rotatable bonds is 7. The molecule has 1 N–H and O–H groups in total. The summed E-state index contributed by atoms with van der Waals surface area (Å²) in [7, 11) is 0. The van der Waals surface area contributed by atoms with E-state index >= 15 is 0 Å². The van der Waals surface area contributed by atoms with Crippen LogP contribution in [0.25, 0.3) is 0 Å². The first-order chi connectivity index (χ1) is 13.2. The quantitative estimate of drug-likeness (QED) is 0.471. The van der Waals surface area contributed by atoms with Gasteiger partial charge in [-0.3, -0.25) is 0 Å². The second-order valence-corrected chi connectivity index (χ2v) is 6.27. The van der Waals surface area contributed by atoms with Gasteiger partial charge in [0.05, 0.1) is 24.4 Å². The van der Waals surface area contributed by atoms with Gasteiger partial charge in [0.25, 0.3) is 0 Å². The molecule has 0 heterocycles. The van der Waals surface area contributed by atoms with Crippen molar-refractivity contribution in [1.29, 1.82) is 5.26 Å². The summed E-state index contributed by atoms with van der Waals surface area (Å²) in [6.45, 7) is 0.961. The number of hydrogen-bond donors (Lipinski definition) is 1. The molecule has 5 heteroatoms. The van der Waals surface area contributed by atoms with Gasteiger partial charge in [0.2, 0.25) is 0 Å². The first-order valence-corrected chi connectivity index (χ1v) is 8.83. The lowest BCUT2D eigenvalue weighted by molar-refractivity contribution is 0.306. The molecule has 0 aliphatic rings. The Morgan fingerprint density at radius 2 is 1.89 bits per heavy atom. The van der Waals surface area contributed by atoms with Gasteiger partial charge in [-0.2, -0.15) is 10.4 Å². The molecule has 0 unspecified atom stereocenters. The van der Waals surface area contributed by atoms with E-state index in [-0.39, 0.29) is 0 Å². The third-order valence-electron chi connectivity index (χ3n) is 3.85. The van der Waals surface area contributed by atoms with E-state index in [4.69, 9.17) is 21.6 Å². The predicted molar refractivity (Wildman–Crippen MR) is 108 cm³/mol. The number of nitrogens with one attached hydrogen (secondary N) is 1. The van der Waals surface area contributed by atoms with Crippen molar-refractivity contribution in [3.8, 4) is 11.8 Å². The van der Waals surface area contributed by atoms with Crippen LogP contribution >= 0.6 is 11.6 Å². The molecule has 0 fully saturated rings. The van der Waals surface area contributed by atoms with Crippen molar-refractivity contribution in [2.75, 3.05) is 0 Å². The van der Waals surface area contributed by atoms with Crippen LogP contribution < -0.4 is 10.2 Å². The van der Waals surface area contributed by atoms with Crippen molar-refractivity contribution in [3.63, 3.8) is 0 Å². The van der Waals surface area contributed by atoms with E-state index < -0.39 is 0 Å². The second-order valence-electron chi connectivity index (χ2n) is 5.86. The average Bonchev–Trinajstić information content (AvgIpc) is 2.71. The van der Waals surface area contributed by atoms with Crippen LogP contribution in [0.5, 0.6) is 5.75 Å². The zero-order valence-electron chi connectivity index (χ0n) is 14.6. The molecular formula is C22H18ClN3O. The molecule has 0 amide bonds. The Hall–Kier alpha value is -3.29. The smallest absolute Gasteiger partial charge is 0.120 e. The highest BCUT2D eigenvalue weighted by molar-refractivity contribution is 6.31. The van der Waals surface area contributed by atoms with Crippen molar-refractivity contribution in [2.24, 2.45) is 5.10 Å². The molecule has 0 saturated carbocycles. The lowest BCUT2D eigenvalue weighted by atomic mass is 10.1. The minimum Gasteiger partial charge on any atom is -0.489 e. The molecule has 0 atom stereocenters. The van der Waals surface area contributed by atoms with Gasteiger partial charge in [0, 0.05) is 5.02 Å². The van der Waals surface area contributed by atoms with Gasteiger partial charge in [-0.25, -0.2) is 0 Å². The van der Waals surface area contributed by atoms with Crippen molar-refractivity contribution in [2.45, 2.75) is 13.2 Å². The monoisotopic (exact) mass is 375 g/mol. The summed E-state index contributed by atoms with van der Waals surface area (Å²) < 4.78 is 5.81. The van der Waals surface area contributed by atoms with E-state index in [9.17, 15) is 0 Å². The Labute approximate surface area is 163 Å². The number of halogens is 1. The molecule has 0 aromatic heterocycles. The maximum Gasteiger partial charge on any atom is 0.120 e. The minimum absolute atomic E-state index is 0.404. The van der Waals surface area contributed by atoms with Gasteiger partial charge in [-0.1, -0.05) is 54.1 Å². The number of nitrogens with zero attached hydrogens (tertiary/aromatic N) is 2. The van der Waals surface area contributed by atoms with Gasteiger partial charge in [0.15, 0.2) is 0 Å². The van der Waals surface area contributed by atoms with Crippen LogP contribution in [0.1, 0.15) is 22.3 Å². The Morgan fingerprint density at radius 3 is 2.74 bits per heavy atom. The van der Waals surface area contributed by atoms with Crippen molar-refractivity contribution in [3.05, 3.63) is 100 Å². The maximum atomic E-state index is 8.96. The van der Waals surface area contributed by atoms with E-state index in [0.717, 1.165) is 27.5 Å². The van der Waals surface area contributed by atoms with E-state index in [1.54, 1.807) is 12.3 Å². The zero-order chi connectivity index (χ0) is 18.9. The second kappa shape index (κ2) is 9.42. The zero-order valence-corrected chi connectivity index (χ0v) is 15.4. The fourth-order valence-electron chi connectivity index (χ4n) is 2.47. The van der Waals surface area contributed by atoms with Crippen LogP contribution in [0.4, 0.5) is 0 Å². The lowest BCUT2D eigenvalue weighted by Gasteiger charge is -2.07. The molecule has 3 aromatic carbocycles. The highest BCUT2D eigenvalue weighted by atomic mass is 35.5. The van der Waals surface area contributed by atoms with Crippen molar-refractivity contribution >= 4 is 17.8 Å². The molecule has 4 nitrogen and oxygen atoms in total. The number of hydrogen-bond acceptors (Lipinski definition) is 4. The van der Waals surface area contributed by atoms with E-state index in [0.29, 0.717) is 18.7 Å². The molecule has 0 spiro atoms. The van der Waals surface area contributed by atoms with Gasteiger partial charge in [-0.05, 0) is 47.0 Å². The normalized spacial score (nSPS) is 10.5. The fraction of sp³-hybridized carbons (Fsp3) is 0.0909. The van der Waals surface area contributed by atoms with E-state index in [1.807, 2.05) is 66.7 Å². The Bertz CT molecular complexity index is 979. The first-order valence-electron chi connectivity index (χ1n) is 8.46. The SMILES string of the molecule is N#Cc1cccc(COc2cccc(/C=N\NCc3ccccc3Cl)c2)c1. The molecule has 0 bridgehead atoms. The minimum atomic E-state index is 0.404. The summed E-state index contributed by atoms with van der Waals surface area (Å²) in [5, 5.41) is 13.9. The molecule has 0 radical (unpaired) electrons. The molecule has 0 aliphatic carbocycles. The molecule has 27 heavy (non-hydrogen) atoms. The third kappa shape index (κ3) is 5.60. The summed E-state index contributed by atoms with van der Waals surface area (Å²) in [4.78, 5) is 0. The van der Waals surface area contributed by atoms with Gasteiger partial charge < -0.3 is 10.2 Å². The predicted octanol–water partition coefficient (Wildman–Crippen LogP) is 4.91. The van der Waals surface area contributed by atoms with Crippen LogP contribution in [-0.4, -0.2) is 6.21 Å². The fourth-order valence-corrected chi connectivity index (χ4v) is 2.68. The molecule has 0 aliphatic heterocycles. The van der Waals surface area contributed by atoms with E-state index in [1.165, 1.54) is 0 Å². The first kappa shape index (κ1) is 18.5. The summed E-state index contributed by atoms with van der Waals surface area (Å²) in [5.74, 6) is 0.743. The molecular weight excluding hydrogens is 358 g/mol. The lowest BCUT2D eigenvalue weighted by Crippen LogP contribution is -2.06. The Balaban J connectivity index is 1.55.